The van der Waals surface area contributed by atoms with Crippen LogP contribution in [0.25, 0.3) is 0 Å². The SMILES string of the molecule is O=C(O)[C@H]1CC[C@@H](C(=O)N2CCOC(c3cccs3)C2)O1. The van der Waals surface area contributed by atoms with Crippen LogP contribution < -0.4 is 0 Å². The number of carbonyl (C=O) groups excluding carboxylic acids is 1. The average Bonchev–Trinajstić information content (AvgIpc) is 3.18. The number of rotatable bonds is 3. The van der Waals surface area contributed by atoms with Crippen LogP contribution in [0, 0.1) is 0 Å². The van der Waals surface area contributed by atoms with Gasteiger partial charge in [-0.05, 0) is 24.3 Å². The zero-order chi connectivity index (χ0) is 14.8. The summed E-state index contributed by atoms with van der Waals surface area (Å²) in [5.41, 5.74) is 0. The standard InChI is InChI=1S/C14H17NO5S/c16-13(9-3-4-10(20-9)14(17)18)15-5-6-19-11(8-15)12-2-1-7-21-12/h1-2,7,9-11H,3-6,8H2,(H,17,18)/t9-,10+,11?/m0/s1. The Balaban J connectivity index is 1.61. The number of hydrogen-bond acceptors (Lipinski definition) is 5. The topological polar surface area (TPSA) is 76.1 Å². The van der Waals surface area contributed by atoms with E-state index in [0.717, 1.165) is 4.88 Å². The number of hydrogen-bond donors (Lipinski definition) is 1. The molecule has 114 valence electrons. The van der Waals surface area contributed by atoms with Gasteiger partial charge in [0.25, 0.3) is 5.91 Å². The Hall–Kier alpha value is -1.44. The highest BCUT2D eigenvalue weighted by molar-refractivity contribution is 7.10. The monoisotopic (exact) mass is 311 g/mol. The Morgan fingerprint density at radius 1 is 1.33 bits per heavy atom. The second-order valence-electron chi connectivity index (χ2n) is 5.19. The highest BCUT2D eigenvalue weighted by Gasteiger charge is 2.38. The zero-order valence-corrected chi connectivity index (χ0v) is 12.3. The van der Waals surface area contributed by atoms with Crippen LogP contribution in [0.5, 0.6) is 0 Å². The van der Waals surface area contributed by atoms with Crippen molar-refractivity contribution in [2.24, 2.45) is 0 Å². The number of morpholine rings is 1. The van der Waals surface area contributed by atoms with Crippen molar-refractivity contribution >= 4 is 23.2 Å². The first-order valence-corrected chi connectivity index (χ1v) is 7.85. The molecule has 7 heteroatoms. The number of aliphatic carboxylic acids is 1. The van der Waals surface area contributed by atoms with E-state index in [1.165, 1.54) is 0 Å². The van der Waals surface area contributed by atoms with Gasteiger partial charge in [-0.15, -0.1) is 11.3 Å². The Morgan fingerprint density at radius 2 is 2.14 bits per heavy atom. The molecule has 0 aromatic carbocycles. The lowest BCUT2D eigenvalue weighted by Crippen LogP contribution is -2.46. The maximum Gasteiger partial charge on any atom is 0.332 e. The fourth-order valence-corrected chi connectivity index (χ4v) is 3.47. The molecule has 3 rings (SSSR count). The molecule has 0 saturated carbocycles. The molecule has 0 bridgehead atoms. The van der Waals surface area contributed by atoms with Crippen LogP contribution in [-0.4, -0.2) is 53.8 Å². The Kier molecular flexibility index (Phi) is 4.23. The lowest BCUT2D eigenvalue weighted by atomic mass is 10.1. The third-order valence-corrected chi connectivity index (χ3v) is 4.77. The van der Waals surface area contributed by atoms with E-state index in [1.54, 1.807) is 16.2 Å². The van der Waals surface area contributed by atoms with Crippen molar-refractivity contribution in [1.29, 1.82) is 0 Å². The summed E-state index contributed by atoms with van der Waals surface area (Å²) in [4.78, 5) is 26.1. The fourth-order valence-electron chi connectivity index (χ4n) is 2.70. The average molecular weight is 311 g/mol. The van der Waals surface area contributed by atoms with Crippen LogP contribution in [-0.2, 0) is 19.1 Å². The van der Waals surface area contributed by atoms with Crippen LogP contribution in [0.4, 0.5) is 0 Å². The fraction of sp³-hybridized carbons (Fsp3) is 0.571. The lowest BCUT2D eigenvalue weighted by Gasteiger charge is -2.33. The van der Waals surface area contributed by atoms with Crippen molar-refractivity contribution in [3.05, 3.63) is 22.4 Å². The maximum atomic E-state index is 12.4. The van der Waals surface area contributed by atoms with Crippen LogP contribution in [0.1, 0.15) is 23.8 Å². The molecule has 0 aliphatic carbocycles. The minimum Gasteiger partial charge on any atom is -0.479 e. The van der Waals surface area contributed by atoms with Crippen molar-refractivity contribution < 1.29 is 24.2 Å². The molecule has 1 amide bonds. The normalized spacial score (nSPS) is 29.5. The summed E-state index contributed by atoms with van der Waals surface area (Å²) in [5.74, 6) is -1.12. The quantitative estimate of drug-likeness (QED) is 0.910. The van der Waals surface area contributed by atoms with Gasteiger partial charge in [0.1, 0.15) is 12.2 Å². The van der Waals surface area contributed by atoms with Gasteiger partial charge in [-0.25, -0.2) is 4.79 Å². The molecule has 1 unspecified atom stereocenters. The molecule has 6 nitrogen and oxygen atoms in total. The molecule has 3 heterocycles. The van der Waals surface area contributed by atoms with Gasteiger partial charge in [0.05, 0.1) is 13.2 Å². The number of carboxylic acids is 1. The number of ether oxygens (including phenoxy) is 2. The predicted octanol–water partition coefficient (Wildman–Crippen LogP) is 1.28. The molecule has 1 aromatic rings. The summed E-state index contributed by atoms with van der Waals surface area (Å²) in [6.45, 7) is 1.51. The number of thiophene rings is 1. The van der Waals surface area contributed by atoms with Crippen molar-refractivity contribution in [1.82, 2.24) is 4.90 Å². The number of amides is 1. The molecule has 2 aliphatic heterocycles. The van der Waals surface area contributed by atoms with Gasteiger partial charge in [-0.3, -0.25) is 4.79 Å². The summed E-state index contributed by atoms with van der Waals surface area (Å²) >= 11 is 1.61. The Bertz CT molecular complexity index is 517. The molecule has 0 spiro atoms. The first-order valence-electron chi connectivity index (χ1n) is 6.97. The minimum absolute atomic E-state index is 0.0978. The van der Waals surface area contributed by atoms with Gasteiger partial charge in [-0.1, -0.05) is 6.07 Å². The molecular formula is C14H17NO5S. The molecule has 1 N–H and O–H groups in total. The highest BCUT2D eigenvalue weighted by Crippen LogP contribution is 2.28. The summed E-state index contributed by atoms with van der Waals surface area (Å²) in [5, 5.41) is 10.9. The van der Waals surface area contributed by atoms with Crippen molar-refractivity contribution in [2.75, 3.05) is 19.7 Å². The summed E-state index contributed by atoms with van der Waals surface area (Å²) in [6, 6.07) is 3.96. The Morgan fingerprint density at radius 3 is 2.81 bits per heavy atom. The number of carbonyl (C=O) groups is 2. The third kappa shape index (κ3) is 3.09. The van der Waals surface area contributed by atoms with Crippen molar-refractivity contribution in [3.63, 3.8) is 0 Å². The van der Waals surface area contributed by atoms with E-state index in [-0.39, 0.29) is 12.0 Å². The molecule has 0 radical (unpaired) electrons. The minimum atomic E-state index is -0.997. The molecule has 21 heavy (non-hydrogen) atoms. The second-order valence-corrected chi connectivity index (χ2v) is 6.17. The molecule has 2 aliphatic rings. The van der Waals surface area contributed by atoms with E-state index in [1.807, 2.05) is 17.5 Å². The van der Waals surface area contributed by atoms with Crippen LogP contribution >= 0.6 is 11.3 Å². The number of carboxylic acid groups (broad SMARTS) is 1. The third-order valence-electron chi connectivity index (χ3n) is 3.81. The van der Waals surface area contributed by atoms with Crippen LogP contribution in [0.15, 0.2) is 17.5 Å². The molecule has 1 aromatic heterocycles. The molecule has 2 fully saturated rings. The first-order chi connectivity index (χ1) is 10.1. The maximum absolute atomic E-state index is 12.4. The van der Waals surface area contributed by atoms with Crippen molar-refractivity contribution in [3.8, 4) is 0 Å². The van der Waals surface area contributed by atoms with Crippen LogP contribution in [0.3, 0.4) is 0 Å². The van der Waals surface area contributed by atoms with Gasteiger partial charge in [0.2, 0.25) is 0 Å². The first kappa shape index (κ1) is 14.5. The van der Waals surface area contributed by atoms with E-state index < -0.39 is 18.2 Å². The number of nitrogens with zero attached hydrogens (tertiary/aromatic N) is 1. The van der Waals surface area contributed by atoms with E-state index in [2.05, 4.69) is 0 Å². The van der Waals surface area contributed by atoms with Gasteiger partial charge >= 0.3 is 5.97 Å². The summed E-state index contributed by atoms with van der Waals surface area (Å²) in [7, 11) is 0. The van der Waals surface area contributed by atoms with E-state index >= 15 is 0 Å². The van der Waals surface area contributed by atoms with Gasteiger partial charge in [-0.2, -0.15) is 0 Å². The second kappa shape index (κ2) is 6.13. The molecular weight excluding hydrogens is 294 g/mol. The predicted molar refractivity (Wildman–Crippen MR) is 75.1 cm³/mol. The smallest absolute Gasteiger partial charge is 0.332 e. The van der Waals surface area contributed by atoms with E-state index in [4.69, 9.17) is 14.6 Å². The summed E-state index contributed by atoms with van der Waals surface area (Å²) in [6.07, 6.45) is -0.720. The highest BCUT2D eigenvalue weighted by atomic mass is 32.1. The van der Waals surface area contributed by atoms with Crippen LogP contribution in [0.2, 0.25) is 0 Å². The van der Waals surface area contributed by atoms with Gasteiger partial charge in [0.15, 0.2) is 6.10 Å². The summed E-state index contributed by atoms with van der Waals surface area (Å²) < 4.78 is 11.0. The van der Waals surface area contributed by atoms with E-state index in [0.29, 0.717) is 32.5 Å². The lowest BCUT2D eigenvalue weighted by molar-refractivity contribution is -0.158. The van der Waals surface area contributed by atoms with Gasteiger partial charge in [0, 0.05) is 11.4 Å². The zero-order valence-electron chi connectivity index (χ0n) is 11.4. The van der Waals surface area contributed by atoms with Gasteiger partial charge < -0.3 is 19.5 Å². The van der Waals surface area contributed by atoms with E-state index in [9.17, 15) is 9.59 Å². The molecule has 2 saturated heterocycles. The molecule has 3 atom stereocenters. The Labute approximate surface area is 126 Å². The van der Waals surface area contributed by atoms with Crippen molar-refractivity contribution in [2.45, 2.75) is 31.2 Å². The largest absolute Gasteiger partial charge is 0.479 e.